The number of H-pyrrole nitrogens is 1. The third-order valence-corrected chi connectivity index (χ3v) is 4.43. The van der Waals surface area contributed by atoms with Gasteiger partial charge in [0.2, 0.25) is 0 Å². The smallest absolute Gasteiger partial charge is 0.339 e. The van der Waals surface area contributed by atoms with Gasteiger partial charge >= 0.3 is 5.97 Å². The Balaban J connectivity index is 2.22. The van der Waals surface area contributed by atoms with Gasteiger partial charge < -0.3 is 15.0 Å². The molecule has 2 aromatic rings. The number of methoxy groups -OCH3 is 1. The summed E-state index contributed by atoms with van der Waals surface area (Å²) < 4.78 is 4.74. The van der Waals surface area contributed by atoms with Crippen molar-refractivity contribution in [2.45, 2.75) is 26.8 Å². The molecule has 5 nitrogen and oxygen atoms in total. The van der Waals surface area contributed by atoms with Crippen molar-refractivity contribution in [2.75, 3.05) is 7.11 Å². The Kier molecular flexibility index (Phi) is 4.47. The van der Waals surface area contributed by atoms with Crippen LogP contribution >= 0.6 is 11.3 Å². The number of esters is 1. The minimum atomic E-state index is -0.438. The summed E-state index contributed by atoms with van der Waals surface area (Å²) in [6.07, 6.45) is 0. The summed E-state index contributed by atoms with van der Waals surface area (Å²) in [4.78, 5) is 28.1. The summed E-state index contributed by atoms with van der Waals surface area (Å²) in [5.74, 6) is -0.668. The maximum absolute atomic E-state index is 12.4. The normalized spacial score (nSPS) is 12.0. The first-order valence-electron chi connectivity index (χ1n) is 6.57. The van der Waals surface area contributed by atoms with E-state index >= 15 is 0 Å². The minimum absolute atomic E-state index is 0.0814. The van der Waals surface area contributed by atoms with E-state index in [1.807, 2.05) is 24.4 Å². The van der Waals surface area contributed by atoms with Crippen molar-refractivity contribution in [3.63, 3.8) is 0 Å². The molecule has 0 fully saturated rings. The van der Waals surface area contributed by atoms with E-state index in [1.54, 1.807) is 25.2 Å². The Labute approximate surface area is 127 Å². The second-order valence-corrected chi connectivity index (χ2v) is 5.81. The number of carbonyl (C=O) groups excluding carboxylic acids is 2. The lowest BCUT2D eigenvalue weighted by Gasteiger charge is -2.12. The van der Waals surface area contributed by atoms with Crippen molar-refractivity contribution in [1.82, 2.24) is 10.3 Å². The number of aryl methyl sites for hydroxylation is 1. The van der Waals surface area contributed by atoms with Crippen LogP contribution in [0.4, 0.5) is 0 Å². The van der Waals surface area contributed by atoms with Gasteiger partial charge in [0.1, 0.15) is 5.69 Å². The standard InChI is InChI=1S/C15H18N2O3S/c1-8-12(15(19)20-4)10(3)16-13(8)14(18)17-9(2)11-6-5-7-21-11/h5-7,9,16H,1-4H3,(H,17,18)/t9-/m0/s1. The molecule has 112 valence electrons. The third-order valence-electron chi connectivity index (χ3n) is 3.37. The summed E-state index contributed by atoms with van der Waals surface area (Å²) in [6, 6.07) is 3.84. The number of rotatable bonds is 4. The summed E-state index contributed by atoms with van der Waals surface area (Å²) in [7, 11) is 1.33. The lowest BCUT2D eigenvalue weighted by molar-refractivity contribution is 0.0599. The molecule has 0 aliphatic rings. The Morgan fingerprint density at radius 3 is 2.67 bits per heavy atom. The molecule has 21 heavy (non-hydrogen) atoms. The molecular weight excluding hydrogens is 288 g/mol. The highest BCUT2D eigenvalue weighted by Gasteiger charge is 2.23. The lowest BCUT2D eigenvalue weighted by atomic mass is 10.1. The molecule has 0 aliphatic carbocycles. The molecule has 2 aromatic heterocycles. The van der Waals surface area contributed by atoms with Gasteiger partial charge in [-0.2, -0.15) is 0 Å². The van der Waals surface area contributed by atoms with Crippen LogP contribution in [0.25, 0.3) is 0 Å². The molecule has 0 spiro atoms. The fourth-order valence-electron chi connectivity index (χ4n) is 2.26. The van der Waals surface area contributed by atoms with Gasteiger partial charge in [-0.15, -0.1) is 11.3 Å². The van der Waals surface area contributed by atoms with E-state index in [1.165, 1.54) is 7.11 Å². The zero-order valence-corrected chi connectivity index (χ0v) is 13.3. The van der Waals surface area contributed by atoms with Crippen LogP contribution in [0.5, 0.6) is 0 Å². The second-order valence-electron chi connectivity index (χ2n) is 4.83. The third kappa shape index (κ3) is 3.00. The number of nitrogens with one attached hydrogen (secondary N) is 2. The van der Waals surface area contributed by atoms with E-state index in [9.17, 15) is 9.59 Å². The molecule has 1 amide bonds. The van der Waals surface area contributed by atoms with Crippen LogP contribution < -0.4 is 5.32 Å². The van der Waals surface area contributed by atoms with Crippen LogP contribution in [0.1, 0.15) is 49.9 Å². The van der Waals surface area contributed by atoms with E-state index in [0.29, 0.717) is 22.5 Å². The van der Waals surface area contributed by atoms with Gasteiger partial charge in [0.25, 0.3) is 5.91 Å². The maximum atomic E-state index is 12.4. The summed E-state index contributed by atoms with van der Waals surface area (Å²) in [5.41, 5.74) is 2.06. The topological polar surface area (TPSA) is 71.2 Å². The summed E-state index contributed by atoms with van der Waals surface area (Å²) in [6.45, 7) is 5.41. The molecule has 0 aromatic carbocycles. The highest BCUT2D eigenvalue weighted by atomic mass is 32.1. The van der Waals surface area contributed by atoms with E-state index in [2.05, 4.69) is 10.3 Å². The fourth-order valence-corrected chi connectivity index (χ4v) is 3.00. The summed E-state index contributed by atoms with van der Waals surface area (Å²) >= 11 is 1.59. The molecule has 1 atom stereocenters. The lowest BCUT2D eigenvalue weighted by Crippen LogP contribution is -2.27. The average Bonchev–Trinajstić information content (AvgIpc) is 3.06. The van der Waals surface area contributed by atoms with E-state index in [-0.39, 0.29) is 11.9 Å². The predicted molar refractivity (Wildman–Crippen MR) is 81.8 cm³/mol. The van der Waals surface area contributed by atoms with E-state index in [0.717, 1.165) is 4.88 Å². The maximum Gasteiger partial charge on any atom is 0.339 e. The van der Waals surface area contributed by atoms with Crippen molar-refractivity contribution in [3.8, 4) is 0 Å². The first-order valence-corrected chi connectivity index (χ1v) is 7.45. The molecule has 2 N–H and O–H groups in total. The van der Waals surface area contributed by atoms with Crippen LogP contribution in [0.2, 0.25) is 0 Å². The van der Waals surface area contributed by atoms with Crippen LogP contribution in [-0.4, -0.2) is 24.0 Å². The monoisotopic (exact) mass is 306 g/mol. The van der Waals surface area contributed by atoms with Gasteiger partial charge in [0, 0.05) is 10.6 Å². The van der Waals surface area contributed by atoms with Crippen molar-refractivity contribution in [2.24, 2.45) is 0 Å². The number of thiophene rings is 1. The Morgan fingerprint density at radius 2 is 2.10 bits per heavy atom. The minimum Gasteiger partial charge on any atom is -0.465 e. The second kappa shape index (κ2) is 6.13. The highest BCUT2D eigenvalue weighted by molar-refractivity contribution is 7.10. The number of hydrogen-bond acceptors (Lipinski definition) is 4. The molecule has 0 unspecified atom stereocenters. The molecule has 2 heterocycles. The zero-order chi connectivity index (χ0) is 15.6. The van der Waals surface area contributed by atoms with Crippen LogP contribution in [-0.2, 0) is 4.74 Å². The van der Waals surface area contributed by atoms with E-state index < -0.39 is 5.97 Å². The molecule has 2 rings (SSSR count). The van der Waals surface area contributed by atoms with Gasteiger partial charge in [-0.05, 0) is 37.8 Å². The number of aromatic amines is 1. The Morgan fingerprint density at radius 1 is 1.38 bits per heavy atom. The molecule has 0 saturated heterocycles. The first-order chi connectivity index (χ1) is 9.95. The molecule has 0 radical (unpaired) electrons. The Hall–Kier alpha value is -2.08. The van der Waals surface area contributed by atoms with Gasteiger partial charge in [-0.25, -0.2) is 4.79 Å². The van der Waals surface area contributed by atoms with Gasteiger partial charge in [0.05, 0.1) is 18.7 Å². The summed E-state index contributed by atoms with van der Waals surface area (Å²) in [5, 5.41) is 4.89. The number of ether oxygens (including phenoxy) is 1. The predicted octanol–water partition coefficient (Wildman–Crippen LogP) is 2.97. The Bertz CT molecular complexity index is 659. The molecule has 6 heteroatoms. The van der Waals surface area contributed by atoms with Crippen LogP contribution in [0.3, 0.4) is 0 Å². The van der Waals surface area contributed by atoms with Crippen molar-refractivity contribution >= 4 is 23.2 Å². The first kappa shape index (κ1) is 15.3. The molecular formula is C15H18N2O3S. The number of carbonyl (C=O) groups is 2. The molecule has 0 aliphatic heterocycles. The molecule has 0 saturated carbocycles. The van der Waals surface area contributed by atoms with Crippen LogP contribution in [0, 0.1) is 13.8 Å². The van der Waals surface area contributed by atoms with Crippen molar-refractivity contribution in [3.05, 3.63) is 44.9 Å². The SMILES string of the molecule is COC(=O)c1c(C)[nH]c(C(=O)N[C@@H](C)c2cccs2)c1C. The highest BCUT2D eigenvalue weighted by Crippen LogP contribution is 2.21. The number of hydrogen-bond donors (Lipinski definition) is 2. The van der Waals surface area contributed by atoms with Gasteiger partial charge in [-0.3, -0.25) is 4.79 Å². The largest absolute Gasteiger partial charge is 0.465 e. The number of aromatic nitrogens is 1. The number of amides is 1. The molecule has 0 bridgehead atoms. The van der Waals surface area contributed by atoms with Gasteiger partial charge in [-0.1, -0.05) is 6.07 Å². The zero-order valence-electron chi connectivity index (χ0n) is 12.4. The van der Waals surface area contributed by atoms with Crippen LogP contribution in [0.15, 0.2) is 17.5 Å². The van der Waals surface area contributed by atoms with Crippen molar-refractivity contribution in [1.29, 1.82) is 0 Å². The van der Waals surface area contributed by atoms with E-state index in [4.69, 9.17) is 4.74 Å². The fraction of sp³-hybridized carbons (Fsp3) is 0.333. The quantitative estimate of drug-likeness (QED) is 0.853. The van der Waals surface area contributed by atoms with Gasteiger partial charge in [0.15, 0.2) is 0 Å². The average molecular weight is 306 g/mol. The van der Waals surface area contributed by atoms with Crippen molar-refractivity contribution < 1.29 is 14.3 Å².